The number of aromatic nitrogens is 2. The summed E-state index contributed by atoms with van der Waals surface area (Å²) >= 11 is 0. The number of aryl methyl sites for hydroxylation is 2. The quantitative estimate of drug-likeness (QED) is 0.470. The van der Waals surface area contributed by atoms with Crippen molar-refractivity contribution in [2.45, 2.75) is 65.4 Å². The number of ether oxygens (including phenoxy) is 1. The number of hydrogen-bond acceptors (Lipinski definition) is 4. The molecule has 1 saturated heterocycles. The van der Waals surface area contributed by atoms with Crippen LogP contribution in [0.1, 0.15) is 73.6 Å². The van der Waals surface area contributed by atoms with Crippen LogP contribution in [0.2, 0.25) is 0 Å². The van der Waals surface area contributed by atoms with Crippen LogP contribution in [0.3, 0.4) is 0 Å². The van der Waals surface area contributed by atoms with E-state index in [4.69, 9.17) is 4.74 Å². The number of hydrogen-bond donors (Lipinski definition) is 1. The lowest BCUT2D eigenvalue weighted by molar-refractivity contribution is 0.0203. The number of carbonyl (C=O) groups is 2. The van der Waals surface area contributed by atoms with Gasteiger partial charge in [-0.25, -0.2) is 9.48 Å². The fourth-order valence-electron chi connectivity index (χ4n) is 4.75. The van der Waals surface area contributed by atoms with Crippen LogP contribution in [0.5, 0.6) is 0 Å². The van der Waals surface area contributed by atoms with Crippen molar-refractivity contribution in [3.63, 3.8) is 0 Å². The second-order valence-electron chi connectivity index (χ2n) is 10.3. The maximum absolute atomic E-state index is 13.6. The molecule has 2 aromatic carbocycles. The zero-order valence-corrected chi connectivity index (χ0v) is 21.9. The van der Waals surface area contributed by atoms with Crippen molar-refractivity contribution in [1.29, 1.82) is 0 Å². The Hall–Kier alpha value is -3.61. The number of likely N-dealkylation sites (tertiary alicyclic amines) is 1. The average Bonchev–Trinajstić information content (AvgIpc) is 3.30. The topological polar surface area (TPSA) is 76.5 Å². The second-order valence-corrected chi connectivity index (χ2v) is 10.3. The normalized spacial score (nSPS) is 14.5. The minimum absolute atomic E-state index is 0.0784. The van der Waals surface area contributed by atoms with Crippen LogP contribution in [-0.4, -0.2) is 45.4 Å². The number of rotatable bonds is 5. The molecule has 190 valence electrons. The molecule has 1 aliphatic heterocycles. The Morgan fingerprint density at radius 1 is 1.06 bits per heavy atom. The minimum Gasteiger partial charge on any atom is -0.444 e. The summed E-state index contributed by atoms with van der Waals surface area (Å²) in [6.07, 6.45) is 3.66. The molecule has 0 radical (unpaired) electrons. The van der Waals surface area contributed by atoms with E-state index in [2.05, 4.69) is 17.3 Å². The molecule has 1 fully saturated rings. The van der Waals surface area contributed by atoms with Gasteiger partial charge in [0.15, 0.2) is 0 Å². The van der Waals surface area contributed by atoms with E-state index in [9.17, 15) is 9.59 Å². The first-order valence-corrected chi connectivity index (χ1v) is 12.7. The highest BCUT2D eigenvalue weighted by Crippen LogP contribution is 2.33. The number of para-hydroxylation sites is 2. The molecule has 7 nitrogen and oxygen atoms in total. The molecule has 2 amide bonds. The van der Waals surface area contributed by atoms with E-state index in [1.807, 2.05) is 80.9 Å². The van der Waals surface area contributed by atoms with E-state index in [1.54, 1.807) is 11.1 Å². The number of piperidine rings is 1. The molecule has 1 aliphatic rings. The SMILES string of the molecule is CCc1cccc(C)c1NC(=O)c1cnn(-c2ccccc2)c1C1CCN(C(=O)OC(C)(C)C)CC1. The van der Waals surface area contributed by atoms with Gasteiger partial charge in [0, 0.05) is 24.7 Å². The zero-order chi connectivity index (χ0) is 25.9. The fourth-order valence-corrected chi connectivity index (χ4v) is 4.75. The Morgan fingerprint density at radius 3 is 2.39 bits per heavy atom. The summed E-state index contributed by atoms with van der Waals surface area (Å²) in [6.45, 7) is 10.9. The third-order valence-electron chi connectivity index (χ3n) is 6.56. The lowest BCUT2D eigenvalue weighted by atomic mass is 9.90. The van der Waals surface area contributed by atoms with Crippen molar-refractivity contribution in [3.8, 4) is 5.69 Å². The van der Waals surface area contributed by atoms with Crippen LogP contribution >= 0.6 is 0 Å². The van der Waals surface area contributed by atoms with Crippen LogP contribution in [0.25, 0.3) is 5.69 Å². The molecule has 0 spiro atoms. The van der Waals surface area contributed by atoms with Gasteiger partial charge in [-0.2, -0.15) is 5.10 Å². The van der Waals surface area contributed by atoms with Crippen LogP contribution in [0.4, 0.5) is 10.5 Å². The van der Waals surface area contributed by atoms with Crippen LogP contribution in [-0.2, 0) is 11.2 Å². The maximum atomic E-state index is 13.6. The first-order valence-electron chi connectivity index (χ1n) is 12.7. The molecule has 4 rings (SSSR count). The Balaban J connectivity index is 1.63. The molecule has 2 heterocycles. The first kappa shape index (κ1) is 25.5. The van der Waals surface area contributed by atoms with Crippen molar-refractivity contribution >= 4 is 17.7 Å². The Bertz CT molecular complexity index is 1220. The summed E-state index contributed by atoms with van der Waals surface area (Å²) in [5, 5.41) is 7.81. The third kappa shape index (κ3) is 5.61. The van der Waals surface area contributed by atoms with Gasteiger partial charge in [-0.05, 0) is 70.2 Å². The Labute approximate surface area is 213 Å². The van der Waals surface area contributed by atoms with Gasteiger partial charge >= 0.3 is 6.09 Å². The van der Waals surface area contributed by atoms with E-state index < -0.39 is 5.60 Å². The van der Waals surface area contributed by atoms with Gasteiger partial charge in [0.1, 0.15) is 5.60 Å². The molecule has 0 saturated carbocycles. The summed E-state index contributed by atoms with van der Waals surface area (Å²) in [4.78, 5) is 28.0. The van der Waals surface area contributed by atoms with Crippen LogP contribution < -0.4 is 5.32 Å². The van der Waals surface area contributed by atoms with Gasteiger partial charge in [0.2, 0.25) is 0 Å². The van der Waals surface area contributed by atoms with E-state index >= 15 is 0 Å². The van der Waals surface area contributed by atoms with Crippen molar-refractivity contribution in [1.82, 2.24) is 14.7 Å². The number of anilines is 1. The van der Waals surface area contributed by atoms with E-state index in [1.165, 1.54) is 0 Å². The molecule has 0 bridgehead atoms. The number of carbonyl (C=O) groups excluding carboxylic acids is 2. The number of benzene rings is 2. The molecule has 0 atom stereocenters. The third-order valence-corrected chi connectivity index (χ3v) is 6.56. The van der Waals surface area contributed by atoms with E-state index in [-0.39, 0.29) is 17.9 Å². The van der Waals surface area contributed by atoms with Crippen molar-refractivity contribution in [2.75, 3.05) is 18.4 Å². The lowest BCUT2D eigenvalue weighted by Crippen LogP contribution is -2.41. The highest BCUT2D eigenvalue weighted by molar-refractivity contribution is 6.06. The molecule has 1 N–H and O–H groups in total. The van der Waals surface area contributed by atoms with Gasteiger partial charge in [0.05, 0.1) is 23.1 Å². The molecule has 1 aromatic heterocycles. The lowest BCUT2D eigenvalue weighted by Gasteiger charge is -2.34. The predicted molar refractivity (Wildman–Crippen MR) is 142 cm³/mol. The summed E-state index contributed by atoms with van der Waals surface area (Å²) in [7, 11) is 0. The summed E-state index contributed by atoms with van der Waals surface area (Å²) in [5.41, 5.74) is 4.83. The standard InChI is InChI=1S/C29H36N4O3/c1-6-21-12-10-11-20(2)25(21)31-27(34)24-19-30-33(23-13-8-7-9-14-23)26(24)22-15-17-32(18-16-22)28(35)36-29(3,4)5/h7-14,19,22H,6,15-18H2,1-5H3,(H,31,34). The number of amides is 2. The highest BCUT2D eigenvalue weighted by Gasteiger charge is 2.32. The van der Waals surface area contributed by atoms with Gasteiger partial charge in [-0.15, -0.1) is 0 Å². The molecule has 0 unspecified atom stereocenters. The zero-order valence-electron chi connectivity index (χ0n) is 21.9. The first-order chi connectivity index (χ1) is 17.2. The molecule has 3 aromatic rings. The molecule has 36 heavy (non-hydrogen) atoms. The summed E-state index contributed by atoms with van der Waals surface area (Å²) < 4.78 is 7.44. The van der Waals surface area contributed by atoms with Gasteiger partial charge in [-0.1, -0.05) is 43.3 Å². The fraction of sp³-hybridized carbons (Fsp3) is 0.414. The van der Waals surface area contributed by atoms with E-state index in [0.29, 0.717) is 18.7 Å². The molecule has 0 aliphatic carbocycles. The summed E-state index contributed by atoms with van der Waals surface area (Å²) in [6, 6.07) is 15.9. The molecular formula is C29H36N4O3. The van der Waals surface area contributed by atoms with Crippen molar-refractivity contribution < 1.29 is 14.3 Å². The second kappa shape index (κ2) is 10.6. The Morgan fingerprint density at radius 2 is 1.75 bits per heavy atom. The molecule has 7 heteroatoms. The predicted octanol–water partition coefficient (Wildman–Crippen LogP) is 6.11. The van der Waals surface area contributed by atoms with E-state index in [0.717, 1.165) is 47.5 Å². The van der Waals surface area contributed by atoms with Crippen LogP contribution in [0, 0.1) is 6.92 Å². The number of nitrogens with zero attached hydrogens (tertiary/aromatic N) is 3. The number of nitrogens with one attached hydrogen (secondary N) is 1. The largest absolute Gasteiger partial charge is 0.444 e. The highest BCUT2D eigenvalue weighted by atomic mass is 16.6. The molecular weight excluding hydrogens is 452 g/mol. The minimum atomic E-state index is -0.530. The smallest absolute Gasteiger partial charge is 0.410 e. The summed E-state index contributed by atoms with van der Waals surface area (Å²) in [5.74, 6) is -0.0830. The van der Waals surface area contributed by atoms with Gasteiger partial charge < -0.3 is 15.0 Å². The Kier molecular flexibility index (Phi) is 7.48. The average molecular weight is 489 g/mol. The van der Waals surface area contributed by atoms with Gasteiger partial charge in [-0.3, -0.25) is 4.79 Å². The monoisotopic (exact) mass is 488 g/mol. The maximum Gasteiger partial charge on any atom is 0.410 e. The van der Waals surface area contributed by atoms with Crippen LogP contribution in [0.15, 0.2) is 54.7 Å². The van der Waals surface area contributed by atoms with Gasteiger partial charge in [0.25, 0.3) is 5.91 Å². The van der Waals surface area contributed by atoms with Crippen molar-refractivity contribution in [3.05, 3.63) is 77.1 Å². The van der Waals surface area contributed by atoms with Crippen molar-refractivity contribution in [2.24, 2.45) is 0 Å².